The molecule has 0 aliphatic rings. The minimum absolute atomic E-state index is 0.860. The summed E-state index contributed by atoms with van der Waals surface area (Å²) >= 11 is 0. The van der Waals surface area contributed by atoms with Gasteiger partial charge >= 0.3 is 0 Å². The van der Waals surface area contributed by atoms with Crippen LogP contribution in [0.15, 0.2) is 36.7 Å². The minimum Gasteiger partial charge on any atom is -0.326 e. The van der Waals surface area contributed by atoms with Gasteiger partial charge in [-0.3, -0.25) is 0 Å². The lowest BCUT2D eigenvalue weighted by Gasteiger charge is -2.06. The molecule has 1 heterocycles. The van der Waals surface area contributed by atoms with Gasteiger partial charge in [-0.25, -0.2) is 4.98 Å². The molecular weight excluding hydrogens is 186 g/mol. The Morgan fingerprint density at radius 1 is 1.27 bits per heavy atom. The standard InChI is InChI=1S/C12H15N3/c1-3-10-4-6-11(7-5-10)14-12-13-8-9-15(12)2/h4-9H,3H2,1-2H3,(H,13,14). The van der Waals surface area contributed by atoms with Crippen molar-refractivity contribution in [3.63, 3.8) is 0 Å². The van der Waals surface area contributed by atoms with Crippen molar-refractivity contribution in [2.45, 2.75) is 13.3 Å². The number of nitrogens with one attached hydrogen (secondary N) is 1. The molecule has 0 fully saturated rings. The quantitative estimate of drug-likeness (QED) is 0.827. The fraction of sp³-hybridized carbons (Fsp3) is 0.250. The monoisotopic (exact) mass is 201 g/mol. The zero-order chi connectivity index (χ0) is 10.7. The topological polar surface area (TPSA) is 29.9 Å². The second-order valence-corrected chi connectivity index (χ2v) is 3.54. The Kier molecular flexibility index (Phi) is 2.72. The van der Waals surface area contributed by atoms with Crippen molar-refractivity contribution in [3.8, 4) is 0 Å². The number of aryl methyl sites for hydroxylation is 2. The maximum Gasteiger partial charge on any atom is 0.207 e. The average molecular weight is 201 g/mol. The van der Waals surface area contributed by atoms with Gasteiger partial charge in [0.05, 0.1) is 0 Å². The second-order valence-electron chi connectivity index (χ2n) is 3.54. The predicted molar refractivity (Wildman–Crippen MR) is 62.3 cm³/mol. The summed E-state index contributed by atoms with van der Waals surface area (Å²) in [5.41, 5.74) is 2.42. The highest BCUT2D eigenvalue weighted by atomic mass is 15.2. The third kappa shape index (κ3) is 2.18. The summed E-state index contributed by atoms with van der Waals surface area (Å²) < 4.78 is 1.95. The van der Waals surface area contributed by atoms with Gasteiger partial charge in [-0.05, 0) is 24.1 Å². The van der Waals surface area contributed by atoms with Gasteiger partial charge in [0.2, 0.25) is 5.95 Å². The van der Waals surface area contributed by atoms with E-state index in [1.54, 1.807) is 6.20 Å². The van der Waals surface area contributed by atoms with E-state index in [2.05, 4.69) is 41.5 Å². The maximum absolute atomic E-state index is 4.21. The molecule has 2 rings (SSSR count). The summed E-state index contributed by atoms with van der Waals surface area (Å²) in [6, 6.07) is 8.41. The van der Waals surface area contributed by atoms with Crippen LogP contribution < -0.4 is 5.32 Å². The van der Waals surface area contributed by atoms with Crippen LogP contribution >= 0.6 is 0 Å². The molecule has 0 radical (unpaired) electrons. The molecule has 3 nitrogen and oxygen atoms in total. The number of anilines is 2. The first kappa shape index (κ1) is 9.77. The van der Waals surface area contributed by atoms with Crippen LogP contribution in [0, 0.1) is 0 Å². The number of hydrogen-bond acceptors (Lipinski definition) is 2. The van der Waals surface area contributed by atoms with E-state index in [0.717, 1.165) is 18.1 Å². The molecular formula is C12H15N3. The van der Waals surface area contributed by atoms with Gasteiger partial charge in [0.15, 0.2) is 0 Å². The molecule has 1 aromatic heterocycles. The van der Waals surface area contributed by atoms with Crippen LogP contribution in [0.1, 0.15) is 12.5 Å². The largest absolute Gasteiger partial charge is 0.326 e. The third-order valence-corrected chi connectivity index (χ3v) is 2.44. The molecule has 0 saturated heterocycles. The van der Waals surface area contributed by atoms with Crippen molar-refractivity contribution >= 4 is 11.6 Å². The van der Waals surface area contributed by atoms with Gasteiger partial charge < -0.3 is 9.88 Å². The number of rotatable bonds is 3. The molecule has 0 spiro atoms. The zero-order valence-electron chi connectivity index (χ0n) is 9.07. The van der Waals surface area contributed by atoms with E-state index in [4.69, 9.17) is 0 Å². The Balaban J connectivity index is 2.14. The minimum atomic E-state index is 0.860. The Bertz CT molecular complexity index is 428. The molecule has 1 aromatic carbocycles. The van der Waals surface area contributed by atoms with Gasteiger partial charge in [0.1, 0.15) is 0 Å². The highest BCUT2D eigenvalue weighted by Crippen LogP contribution is 2.14. The highest BCUT2D eigenvalue weighted by molar-refractivity contribution is 5.53. The van der Waals surface area contributed by atoms with Crippen LogP contribution in [0.5, 0.6) is 0 Å². The third-order valence-electron chi connectivity index (χ3n) is 2.44. The summed E-state index contributed by atoms with van der Waals surface area (Å²) in [6.45, 7) is 2.15. The van der Waals surface area contributed by atoms with Gasteiger partial charge in [0, 0.05) is 25.1 Å². The van der Waals surface area contributed by atoms with Gasteiger partial charge in [-0.15, -0.1) is 0 Å². The normalized spacial score (nSPS) is 10.3. The Labute approximate surface area is 89.8 Å². The van der Waals surface area contributed by atoms with Gasteiger partial charge in [-0.2, -0.15) is 0 Å². The van der Waals surface area contributed by atoms with Crippen LogP contribution in [0.3, 0.4) is 0 Å². The lowest BCUT2D eigenvalue weighted by atomic mass is 10.1. The van der Waals surface area contributed by atoms with E-state index in [9.17, 15) is 0 Å². The number of imidazole rings is 1. The van der Waals surface area contributed by atoms with Crippen molar-refractivity contribution in [3.05, 3.63) is 42.2 Å². The molecule has 0 aliphatic heterocycles. The molecule has 15 heavy (non-hydrogen) atoms. The Morgan fingerprint density at radius 3 is 2.53 bits per heavy atom. The Hall–Kier alpha value is -1.77. The molecule has 0 amide bonds. The fourth-order valence-corrected chi connectivity index (χ4v) is 1.44. The van der Waals surface area contributed by atoms with Crippen LogP contribution in [0.25, 0.3) is 0 Å². The predicted octanol–water partition coefficient (Wildman–Crippen LogP) is 2.73. The van der Waals surface area contributed by atoms with Gasteiger partial charge in [0.25, 0.3) is 0 Å². The second kappa shape index (κ2) is 4.17. The maximum atomic E-state index is 4.21. The van der Waals surface area contributed by atoms with Crippen molar-refractivity contribution in [1.82, 2.24) is 9.55 Å². The van der Waals surface area contributed by atoms with E-state index in [0.29, 0.717) is 0 Å². The van der Waals surface area contributed by atoms with Crippen molar-refractivity contribution in [2.24, 2.45) is 7.05 Å². The molecule has 0 unspecified atom stereocenters. The van der Waals surface area contributed by atoms with Crippen molar-refractivity contribution in [1.29, 1.82) is 0 Å². The molecule has 0 aliphatic carbocycles. The summed E-state index contributed by atoms with van der Waals surface area (Å²) in [6.07, 6.45) is 4.77. The first-order valence-corrected chi connectivity index (χ1v) is 5.13. The fourth-order valence-electron chi connectivity index (χ4n) is 1.44. The molecule has 1 N–H and O–H groups in total. The average Bonchev–Trinajstić information content (AvgIpc) is 2.66. The first-order valence-electron chi connectivity index (χ1n) is 5.13. The number of benzene rings is 1. The molecule has 78 valence electrons. The van der Waals surface area contributed by atoms with E-state index in [1.807, 2.05) is 17.8 Å². The summed E-state index contributed by atoms with van der Waals surface area (Å²) in [7, 11) is 1.97. The van der Waals surface area contributed by atoms with Crippen LogP contribution in [0.2, 0.25) is 0 Å². The van der Waals surface area contributed by atoms with E-state index < -0.39 is 0 Å². The number of aromatic nitrogens is 2. The zero-order valence-corrected chi connectivity index (χ0v) is 9.07. The van der Waals surface area contributed by atoms with E-state index in [1.165, 1.54) is 5.56 Å². The number of nitrogens with zero attached hydrogens (tertiary/aromatic N) is 2. The van der Waals surface area contributed by atoms with Crippen molar-refractivity contribution < 1.29 is 0 Å². The SMILES string of the molecule is CCc1ccc(Nc2nccn2C)cc1. The van der Waals surface area contributed by atoms with E-state index >= 15 is 0 Å². The van der Waals surface area contributed by atoms with Crippen molar-refractivity contribution in [2.75, 3.05) is 5.32 Å². The summed E-state index contributed by atoms with van der Waals surface area (Å²) in [5, 5.41) is 3.26. The lowest BCUT2D eigenvalue weighted by molar-refractivity contribution is 0.924. The van der Waals surface area contributed by atoms with Crippen LogP contribution in [-0.2, 0) is 13.5 Å². The first-order chi connectivity index (χ1) is 7.29. The van der Waals surface area contributed by atoms with E-state index in [-0.39, 0.29) is 0 Å². The molecule has 0 bridgehead atoms. The van der Waals surface area contributed by atoms with Crippen LogP contribution in [-0.4, -0.2) is 9.55 Å². The summed E-state index contributed by atoms with van der Waals surface area (Å²) in [4.78, 5) is 4.21. The smallest absolute Gasteiger partial charge is 0.207 e. The Morgan fingerprint density at radius 2 is 2.00 bits per heavy atom. The van der Waals surface area contributed by atoms with Crippen LogP contribution in [0.4, 0.5) is 11.6 Å². The molecule has 2 aromatic rings. The summed E-state index contributed by atoms with van der Waals surface area (Å²) in [5.74, 6) is 0.860. The lowest BCUT2D eigenvalue weighted by Crippen LogP contribution is -1.98. The molecule has 0 saturated carbocycles. The molecule has 0 atom stereocenters. The number of hydrogen-bond donors (Lipinski definition) is 1. The van der Waals surface area contributed by atoms with Gasteiger partial charge in [-0.1, -0.05) is 19.1 Å². The molecule has 3 heteroatoms. The highest BCUT2D eigenvalue weighted by Gasteiger charge is 1.98.